The smallest absolute Gasteiger partial charge is 0.187 e. The van der Waals surface area contributed by atoms with E-state index in [1.165, 1.54) is 0 Å². The minimum atomic E-state index is -1.91. The van der Waals surface area contributed by atoms with E-state index in [4.69, 9.17) is 23.7 Å². The lowest BCUT2D eigenvalue weighted by atomic mass is 9.96. The van der Waals surface area contributed by atoms with Crippen LogP contribution < -0.4 is 0 Å². The van der Waals surface area contributed by atoms with Crippen LogP contribution in [0.5, 0.6) is 0 Å². The Morgan fingerprint density at radius 2 is 0.853 bits per heavy atom. The first kappa shape index (κ1) is 27.9. The summed E-state index contributed by atoms with van der Waals surface area (Å²) in [7, 11) is 0. The average Bonchev–Trinajstić information content (AvgIpc) is 2.83. The first-order chi connectivity index (χ1) is 16.0. The number of hydrogen-bond donors (Lipinski definition) is 11. The summed E-state index contributed by atoms with van der Waals surface area (Å²) in [4.78, 5) is 0. The third kappa shape index (κ3) is 5.37. The molecule has 0 aromatic rings. The minimum absolute atomic E-state index is 0.741. The topological polar surface area (TPSA) is 269 Å². The second-order valence-electron chi connectivity index (χ2n) is 8.33. The van der Waals surface area contributed by atoms with E-state index in [-0.39, 0.29) is 0 Å². The van der Waals surface area contributed by atoms with E-state index in [2.05, 4.69) is 0 Å². The van der Waals surface area contributed by atoms with Crippen LogP contribution in [0.2, 0.25) is 0 Å². The van der Waals surface area contributed by atoms with Crippen molar-refractivity contribution < 1.29 is 79.9 Å². The molecule has 0 saturated carbocycles. The molecule has 3 heterocycles. The van der Waals surface area contributed by atoms with E-state index in [0.717, 1.165) is 0 Å². The van der Waals surface area contributed by atoms with Crippen molar-refractivity contribution in [2.24, 2.45) is 0 Å². The molecule has 3 aliphatic rings. The van der Waals surface area contributed by atoms with Gasteiger partial charge in [-0.25, -0.2) is 0 Å². The molecule has 0 aromatic carbocycles. The molecule has 11 N–H and O–H groups in total. The molecular formula is C18H32O16. The van der Waals surface area contributed by atoms with Crippen LogP contribution in [0.4, 0.5) is 0 Å². The highest BCUT2D eigenvalue weighted by Crippen LogP contribution is 2.32. The predicted octanol–water partition coefficient (Wildman–Crippen LogP) is -7.57. The second kappa shape index (κ2) is 11.6. The second-order valence-corrected chi connectivity index (χ2v) is 8.33. The first-order valence-corrected chi connectivity index (χ1v) is 10.6. The molecule has 0 amide bonds. The van der Waals surface area contributed by atoms with Gasteiger partial charge in [-0.2, -0.15) is 0 Å². The molecule has 3 saturated heterocycles. The number of ether oxygens (including phenoxy) is 5. The maximum absolute atomic E-state index is 10.6. The molecule has 15 atom stereocenters. The molecule has 0 radical (unpaired) electrons. The fourth-order valence-electron chi connectivity index (χ4n) is 4.06. The maximum atomic E-state index is 10.6. The molecular weight excluding hydrogens is 472 g/mol. The number of hydrogen-bond acceptors (Lipinski definition) is 16. The third-order valence-electron chi connectivity index (χ3n) is 6.09. The molecule has 3 rings (SSSR count). The Balaban J connectivity index is 1.72. The molecule has 6 unspecified atom stereocenters. The van der Waals surface area contributed by atoms with Gasteiger partial charge in [-0.1, -0.05) is 0 Å². The van der Waals surface area contributed by atoms with Crippen molar-refractivity contribution in [3.8, 4) is 0 Å². The van der Waals surface area contributed by atoms with Crippen LogP contribution in [0.15, 0.2) is 0 Å². The van der Waals surface area contributed by atoms with Gasteiger partial charge in [0.2, 0.25) is 0 Å². The van der Waals surface area contributed by atoms with Crippen LogP contribution in [0, 0.1) is 0 Å². The molecule has 16 nitrogen and oxygen atoms in total. The fraction of sp³-hybridized carbons (Fsp3) is 1.00. The first-order valence-electron chi connectivity index (χ1n) is 10.6. The summed E-state index contributed by atoms with van der Waals surface area (Å²) in [5.41, 5.74) is 0. The highest BCUT2D eigenvalue weighted by molar-refractivity contribution is 4.96. The molecule has 0 aromatic heterocycles. The summed E-state index contributed by atoms with van der Waals surface area (Å²) in [6.07, 6.45) is -25.1. The van der Waals surface area contributed by atoms with E-state index in [0.29, 0.717) is 0 Å². The highest BCUT2D eigenvalue weighted by atomic mass is 16.8. The largest absolute Gasteiger partial charge is 0.394 e. The average molecular weight is 504 g/mol. The van der Waals surface area contributed by atoms with E-state index in [9.17, 15) is 56.2 Å². The van der Waals surface area contributed by atoms with E-state index < -0.39 is 112 Å². The van der Waals surface area contributed by atoms with Gasteiger partial charge in [-0.05, 0) is 0 Å². The predicted molar refractivity (Wildman–Crippen MR) is 101 cm³/mol. The number of rotatable bonds is 7. The van der Waals surface area contributed by atoms with Gasteiger partial charge < -0.3 is 79.9 Å². The lowest BCUT2D eigenvalue weighted by molar-refractivity contribution is -0.377. The van der Waals surface area contributed by atoms with Crippen LogP contribution >= 0.6 is 0 Å². The van der Waals surface area contributed by atoms with Crippen LogP contribution in [-0.2, 0) is 23.7 Å². The standard InChI is InChI=1S/C18H32O16/c19-1-4-7(22)8(23)12(27)17(31-4)34-15-6(3-21)32-18(13(28)10(15)25)33-14-5(2-20)30-16(29)11(26)9(14)24/h4-29H,1-3H2/t4?,5?,6?,7-,8+,9-,10-,11?,12+,13?,14-,15-,16-,17?,18+/m1/s1. The number of aliphatic hydroxyl groups is 11. The Bertz CT molecular complexity index is 635. The van der Waals surface area contributed by atoms with Crippen molar-refractivity contribution >= 4 is 0 Å². The Kier molecular flexibility index (Phi) is 9.54. The molecule has 3 fully saturated rings. The van der Waals surface area contributed by atoms with Crippen molar-refractivity contribution in [1.82, 2.24) is 0 Å². The van der Waals surface area contributed by atoms with Gasteiger partial charge in [0.05, 0.1) is 19.8 Å². The molecule has 0 bridgehead atoms. The van der Waals surface area contributed by atoms with Crippen molar-refractivity contribution in [3.63, 3.8) is 0 Å². The van der Waals surface area contributed by atoms with Crippen molar-refractivity contribution in [2.45, 2.75) is 92.1 Å². The summed E-state index contributed by atoms with van der Waals surface area (Å²) in [5.74, 6) is 0. The van der Waals surface area contributed by atoms with Gasteiger partial charge in [0.25, 0.3) is 0 Å². The van der Waals surface area contributed by atoms with Gasteiger partial charge >= 0.3 is 0 Å². The van der Waals surface area contributed by atoms with Gasteiger partial charge in [0, 0.05) is 0 Å². The molecule has 3 aliphatic heterocycles. The summed E-state index contributed by atoms with van der Waals surface area (Å²) in [6, 6.07) is 0. The lowest BCUT2D eigenvalue weighted by Gasteiger charge is -2.47. The SMILES string of the molecule is OCC1OC(O[C@@H]2C(CO)O[C@@H](O[C@@H]3C(CO)O[C@@H](O)C(O)[C@H]3O)C(O)[C@H]2O)[C@@H](O)[C@@H](O)[C@@H]1O. The maximum Gasteiger partial charge on any atom is 0.187 e. The van der Waals surface area contributed by atoms with Crippen molar-refractivity contribution in [1.29, 1.82) is 0 Å². The zero-order chi connectivity index (χ0) is 25.3. The minimum Gasteiger partial charge on any atom is -0.394 e. The van der Waals surface area contributed by atoms with Crippen LogP contribution in [0.3, 0.4) is 0 Å². The lowest BCUT2D eigenvalue weighted by Crippen LogP contribution is -2.66. The van der Waals surface area contributed by atoms with E-state index in [1.54, 1.807) is 0 Å². The van der Waals surface area contributed by atoms with Crippen LogP contribution in [0.25, 0.3) is 0 Å². The number of aliphatic hydroxyl groups excluding tert-OH is 11. The Labute approximate surface area is 192 Å². The van der Waals surface area contributed by atoms with Crippen molar-refractivity contribution in [2.75, 3.05) is 19.8 Å². The molecule has 34 heavy (non-hydrogen) atoms. The van der Waals surface area contributed by atoms with Gasteiger partial charge in [-0.15, -0.1) is 0 Å². The molecule has 0 aliphatic carbocycles. The van der Waals surface area contributed by atoms with Gasteiger partial charge in [0.1, 0.15) is 73.2 Å². The summed E-state index contributed by atoms with van der Waals surface area (Å²) >= 11 is 0. The molecule has 0 spiro atoms. The molecule has 16 heteroatoms. The third-order valence-corrected chi connectivity index (χ3v) is 6.09. The highest BCUT2D eigenvalue weighted by Gasteiger charge is 2.53. The van der Waals surface area contributed by atoms with Crippen LogP contribution in [0.1, 0.15) is 0 Å². The summed E-state index contributed by atoms with van der Waals surface area (Å²) < 4.78 is 26.4. The monoisotopic (exact) mass is 504 g/mol. The zero-order valence-corrected chi connectivity index (χ0v) is 17.7. The van der Waals surface area contributed by atoms with Gasteiger partial charge in [-0.3, -0.25) is 0 Å². The van der Waals surface area contributed by atoms with Crippen LogP contribution in [-0.4, -0.2) is 168 Å². The Hall–Kier alpha value is -0.640. The quantitative estimate of drug-likeness (QED) is 0.154. The van der Waals surface area contributed by atoms with Crippen molar-refractivity contribution in [3.05, 3.63) is 0 Å². The summed E-state index contributed by atoms with van der Waals surface area (Å²) in [5, 5.41) is 109. The van der Waals surface area contributed by atoms with E-state index >= 15 is 0 Å². The van der Waals surface area contributed by atoms with Gasteiger partial charge in [0.15, 0.2) is 18.9 Å². The van der Waals surface area contributed by atoms with E-state index in [1.807, 2.05) is 0 Å². The summed E-state index contributed by atoms with van der Waals surface area (Å²) in [6.45, 7) is -2.32. The fourth-order valence-corrected chi connectivity index (χ4v) is 4.06. The Morgan fingerprint density at radius 1 is 0.441 bits per heavy atom. The Morgan fingerprint density at radius 3 is 1.35 bits per heavy atom. The normalized spacial score (nSPS) is 52.5. The zero-order valence-electron chi connectivity index (χ0n) is 17.7. The molecule has 200 valence electrons.